The SMILES string of the molecule is CC(C)=CCc1c(C)c([O-])c2ccccc2c1O. The number of hydrogen-bond donors (Lipinski definition) is 1. The standard InChI is InChI=1S/C16H18O2/c1-10(2)8-9-12-11(3)15(17)13-6-4-5-7-14(13)16(12)18/h4-8,17-18H,9H2,1-3H3/p-1. The van der Waals surface area contributed by atoms with Crippen LogP contribution in [0, 0.1) is 6.92 Å². The zero-order valence-electron chi connectivity index (χ0n) is 10.9. The van der Waals surface area contributed by atoms with Gasteiger partial charge in [0.15, 0.2) is 0 Å². The molecule has 2 heteroatoms. The van der Waals surface area contributed by atoms with Gasteiger partial charge in [-0.05, 0) is 32.6 Å². The predicted octanol–water partition coefficient (Wildman–Crippen LogP) is 3.44. The molecule has 0 saturated carbocycles. The zero-order valence-corrected chi connectivity index (χ0v) is 10.9. The molecule has 0 heterocycles. The molecule has 2 aromatic rings. The van der Waals surface area contributed by atoms with Gasteiger partial charge in [0.2, 0.25) is 0 Å². The first kappa shape index (κ1) is 12.5. The molecular formula is C16H17O2-. The Balaban J connectivity index is 2.70. The summed E-state index contributed by atoms with van der Waals surface area (Å²) in [5.74, 6) is 0.251. The molecule has 0 amide bonds. The van der Waals surface area contributed by atoms with Gasteiger partial charge in [-0.15, -0.1) is 0 Å². The molecule has 0 unspecified atom stereocenters. The number of allylic oxidation sites excluding steroid dienone is 2. The van der Waals surface area contributed by atoms with Crippen LogP contribution in [0.1, 0.15) is 25.0 Å². The van der Waals surface area contributed by atoms with Gasteiger partial charge < -0.3 is 10.2 Å². The first-order valence-electron chi connectivity index (χ1n) is 6.06. The number of aromatic hydroxyl groups is 1. The van der Waals surface area contributed by atoms with E-state index in [0.29, 0.717) is 22.8 Å². The fourth-order valence-corrected chi connectivity index (χ4v) is 2.12. The average molecular weight is 241 g/mol. The van der Waals surface area contributed by atoms with Crippen LogP contribution in [0.5, 0.6) is 11.5 Å². The van der Waals surface area contributed by atoms with Gasteiger partial charge in [0, 0.05) is 10.9 Å². The highest BCUT2D eigenvalue weighted by molar-refractivity contribution is 5.95. The monoisotopic (exact) mass is 241 g/mol. The van der Waals surface area contributed by atoms with Crippen LogP contribution in [-0.2, 0) is 6.42 Å². The van der Waals surface area contributed by atoms with E-state index in [1.165, 1.54) is 5.57 Å². The van der Waals surface area contributed by atoms with Gasteiger partial charge in [0.25, 0.3) is 0 Å². The summed E-state index contributed by atoms with van der Waals surface area (Å²) in [5.41, 5.74) is 2.55. The molecule has 2 rings (SSSR count). The lowest BCUT2D eigenvalue weighted by Gasteiger charge is -2.20. The largest absolute Gasteiger partial charge is 0.872 e. The smallest absolute Gasteiger partial charge is 0.127 e. The van der Waals surface area contributed by atoms with Crippen molar-refractivity contribution in [3.05, 3.63) is 47.0 Å². The minimum atomic E-state index is 0.0144. The summed E-state index contributed by atoms with van der Waals surface area (Å²) in [6, 6.07) is 7.20. The molecule has 0 aromatic heterocycles. The Morgan fingerprint density at radius 1 is 1.22 bits per heavy atom. The van der Waals surface area contributed by atoms with Crippen LogP contribution in [0.15, 0.2) is 35.9 Å². The molecule has 0 aliphatic rings. The number of phenolic OH excluding ortho intramolecular Hbond substituents is 1. The molecule has 2 nitrogen and oxygen atoms in total. The molecule has 1 N–H and O–H groups in total. The van der Waals surface area contributed by atoms with Gasteiger partial charge in [-0.1, -0.05) is 47.2 Å². The Morgan fingerprint density at radius 2 is 1.83 bits per heavy atom. The van der Waals surface area contributed by atoms with Crippen molar-refractivity contribution in [3.8, 4) is 11.5 Å². The van der Waals surface area contributed by atoms with Crippen molar-refractivity contribution in [2.75, 3.05) is 0 Å². The third-order valence-corrected chi connectivity index (χ3v) is 3.22. The molecule has 0 bridgehead atoms. The molecular weight excluding hydrogens is 224 g/mol. The highest BCUT2D eigenvalue weighted by Crippen LogP contribution is 2.37. The van der Waals surface area contributed by atoms with E-state index in [2.05, 4.69) is 0 Å². The highest BCUT2D eigenvalue weighted by atomic mass is 16.3. The van der Waals surface area contributed by atoms with Gasteiger partial charge >= 0.3 is 0 Å². The topological polar surface area (TPSA) is 43.3 Å². The predicted molar refractivity (Wildman–Crippen MR) is 72.9 cm³/mol. The van der Waals surface area contributed by atoms with Crippen LogP contribution in [0.2, 0.25) is 0 Å². The second-order valence-corrected chi connectivity index (χ2v) is 4.81. The summed E-state index contributed by atoms with van der Waals surface area (Å²) < 4.78 is 0. The first-order valence-corrected chi connectivity index (χ1v) is 6.06. The van der Waals surface area contributed by atoms with Crippen LogP contribution in [0.3, 0.4) is 0 Å². The van der Waals surface area contributed by atoms with Crippen LogP contribution in [0.25, 0.3) is 10.8 Å². The number of rotatable bonds is 2. The Kier molecular flexibility index (Phi) is 3.28. The summed E-state index contributed by atoms with van der Waals surface area (Å²) >= 11 is 0. The van der Waals surface area contributed by atoms with Crippen LogP contribution in [0.4, 0.5) is 0 Å². The maximum Gasteiger partial charge on any atom is 0.127 e. The molecule has 94 valence electrons. The molecule has 0 radical (unpaired) electrons. The lowest BCUT2D eigenvalue weighted by atomic mass is 9.96. The van der Waals surface area contributed by atoms with Gasteiger partial charge in [0.1, 0.15) is 5.75 Å². The number of hydrogen-bond acceptors (Lipinski definition) is 2. The van der Waals surface area contributed by atoms with Crippen molar-refractivity contribution < 1.29 is 10.2 Å². The molecule has 0 fully saturated rings. The van der Waals surface area contributed by atoms with Crippen molar-refractivity contribution in [1.82, 2.24) is 0 Å². The van der Waals surface area contributed by atoms with E-state index in [1.54, 1.807) is 19.1 Å². The minimum Gasteiger partial charge on any atom is -0.872 e. The quantitative estimate of drug-likeness (QED) is 0.818. The lowest BCUT2D eigenvalue weighted by molar-refractivity contribution is -0.266. The summed E-state index contributed by atoms with van der Waals surface area (Å²) in [5, 5.41) is 23.7. The summed E-state index contributed by atoms with van der Waals surface area (Å²) in [7, 11) is 0. The Morgan fingerprint density at radius 3 is 2.44 bits per heavy atom. The molecule has 2 aromatic carbocycles. The zero-order chi connectivity index (χ0) is 13.3. The maximum absolute atomic E-state index is 12.2. The fourth-order valence-electron chi connectivity index (χ4n) is 2.12. The van der Waals surface area contributed by atoms with E-state index < -0.39 is 0 Å². The molecule has 0 saturated heterocycles. The van der Waals surface area contributed by atoms with E-state index in [1.807, 2.05) is 32.1 Å². The summed E-state index contributed by atoms with van der Waals surface area (Å²) in [6.07, 6.45) is 2.62. The summed E-state index contributed by atoms with van der Waals surface area (Å²) in [4.78, 5) is 0. The lowest BCUT2D eigenvalue weighted by Crippen LogP contribution is -2.00. The van der Waals surface area contributed by atoms with Crippen LogP contribution < -0.4 is 5.11 Å². The van der Waals surface area contributed by atoms with Crippen molar-refractivity contribution in [3.63, 3.8) is 0 Å². The van der Waals surface area contributed by atoms with Crippen molar-refractivity contribution in [2.45, 2.75) is 27.2 Å². The van der Waals surface area contributed by atoms with Gasteiger partial charge in [-0.3, -0.25) is 0 Å². The Labute approximate surface area is 107 Å². The molecule has 0 aliphatic carbocycles. The first-order chi connectivity index (χ1) is 8.52. The van der Waals surface area contributed by atoms with E-state index in [9.17, 15) is 10.2 Å². The van der Waals surface area contributed by atoms with Crippen molar-refractivity contribution in [2.24, 2.45) is 0 Å². The minimum absolute atomic E-state index is 0.0144. The van der Waals surface area contributed by atoms with Gasteiger partial charge in [-0.25, -0.2) is 0 Å². The fraction of sp³-hybridized carbons (Fsp3) is 0.250. The molecule has 0 spiro atoms. The van der Waals surface area contributed by atoms with E-state index in [-0.39, 0.29) is 11.5 Å². The normalized spacial score (nSPS) is 10.6. The van der Waals surface area contributed by atoms with Crippen LogP contribution in [-0.4, -0.2) is 5.11 Å². The number of benzene rings is 2. The molecule has 0 atom stereocenters. The van der Waals surface area contributed by atoms with E-state index >= 15 is 0 Å². The average Bonchev–Trinajstić information content (AvgIpc) is 2.36. The van der Waals surface area contributed by atoms with Crippen molar-refractivity contribution in [1.29, 1.82) is 0 Å². The number of phenols is 1. The Hall–Kier alpha value is -1.96. The highest BCUT2D eigenvalue weighted by Gasteiger charge is 2.10. The summed E-state index contributed by atoms with van der Waals surface area (Å²) in [6.45, 7) is 5.79. The van der Waals surface area contributed by atoms with Gasteiger partial charge in [0.05, 0.1) is 0 Å². The maximum atomic E-state index is 12.2. The Bertz CT molecular complexity index is 621. The van der Waals surface area contributed by atoms with Crippen molar-refractivity contribution >= 4 is 10.8 Å². The van der Waals surface area contributed by atoms with E-state index in [0.717, 1.165) is 5.56 Å². The van der Waals surface area contributed by atoms with Crippen LogP contribution >= 0.6 is 0 Å². The molecule has 18 heavy (non-hydrogen) atoms. The molecule has 0 aliphatic heterocycles. The third kappa shape index (κ3) is 2.06. The second kappa shape index (κ2) is 4.73. The van der Waals surface area contributed by atoms with E-state index in [4.69, 9.17) is 0 Å². The number of fused-ring (bicyclic) bond motifs is 1. The van der Waals surface area contributed by atoms with Gasteiger partial charge in [-0.2, -0.15) is 0 Å². The third-order valence-electron chi connectivity index (χ3n) is 3.22. The second-order valence-electron chi connectivity index (χ2n) is 4.81.